The van der Waals surface area contributed by atoms with Crippen molar-refractivity contribution in [3.05, 3.63) is 18.2 Å². The highest BCUT2D eigenvalue weighted by molar-refractivity contribution is 5.75. The van der Waals surface area contributed by atoms with Crippen LogP contribution in [0.2, 0.25) is 0 Å². The first-order valence-corrected chi connectivity index (χ1v) is 4.63. The van der Waals surface area contributed by atoms with Gasteiger partial charge in [0.2, 0.25) is 5.91 Å². The molecule has 1 amide bonds. The molecular weight excluding hydrogens is 198 g/mol. The number of rotatable bonds is 6. The highest BCUT2D eigenvalue weighted by atomic mass is 16.5. The number of imidazole rings is 1. The number of hydrogen-bond acceptors (Lipinski definition) is 4. The van der Waals surface area contributed by atoms with Gasteiger partial charge in [-0.3, -0.25) is 4.79 Å². The minimum absolute atomic E-state index is 0.103. The second-order valence-electron chi connectivity index (χ2n) is 3.04. The molecule has 0 aliphatic heterocycles. The summed E-state index contributed by atoms with van der Waals surface area (Å²) in [6, 6.07) is 0. The molecule has 0 spiro atoms. The quantitative estimate of drug-likeness (QED) is 0.603. The first kappa shape index (κ1) is 11.7. The molecule has 0 atom stereocenters. The topological polar surface area (TPSA) is 76.4 Å². The highest BCUT2D eigenvalue weighted by Gasteiger charge is 2.02. The van der Waals surface area contributed by atoms with Gasteiger partial charge in [0, 0.05) is 19.9 Å². The largest absolute Gasteiger partial charge is 0.390 e. The zero-order valence-corrected chi connectivity index (χ0v) is 8.64. The Balaban J connectivity index is 2.31. The third-order valence-electron chi connectivity index (χ3n) is 1.80. The second-order valence-corrected chi connectivity index (χ2v) is 3.04. The molecule has 1 aromatic rings. The predicted octanol–water partition coefficient (Wildman–Crippen LogP) is -0.862. The van der Waals surface area contributed by atoms with E-state index in [4.69, 9.17) is 9.84 Å². The van der Waals surface area contributed by atoms with Gasteiger partial charge in [-0.2, -0.15) is 0 Å². The van der Waals surface area contributed by atoms with Crippen LogP contribution in [-0.4, -0.2) is 40.8 Å². The minimum Gasteiger partial charge on any atom is -0.390 e. The van der Waals surface area contributed by atoms with Crippen molar-refractivity contribution in [2.75, 3.05) is 20.3 Å². The lowest BCUT2D eigenvalue weighted by molar-refractivity contribution is -0.121. The van der Waals surface area contributed by atoms with E-state index in [1.54, 1.807) is 17.9 Å². The summed E-state index contributed by atoms with van der Waals surface area (Å²) in [5.74, 6) is -0.103. The van der Waals surface area contributed by atoms with Gasteiger partial charge in [-0.25, -0.2) is 4.98 Å². The minimum atomic E-state index is -0.113. The average Bonchev–Trinajstić information content (AvgIpc) is 2.66. The highest BCUT2D eigenvalue weighted by Crippen LogP contribution is 1.95. The van der Waals surface area contributed by atoms with Gasteiger partial charge in [0.05, 0.1) is 25.2 Å². The first-order chi connectivity index (χ1) is 7.26. The van der Waals surface area contributed by atoms with Crippen LogP contribution >= 0.6 is 0 Å². The van der Waals surface area contributed by atoms with Crippen molar-refractivity contribution in [2.24, 2.45) is 0 Å². The molecule has 0 aliphatic rings. The zero-order chi connectivity index (χ0) is 11.1. The van der Waals surface area contributed by atoms with Gasteiger partial charge in [0.1, 0.15) is 6.54 Å². The van der Waals surface area contributed by atoms with Crippen molar-refractivity contribution in [2.45, 2.75) is 13.2 Å². The molecule has 0 saturated carbocycles. The maximum atomic E-state index is 11.3. The summed E-state index contributed by atoms with van der Waals surface area (Å²) in [6.45, 7) is 1.09. The molecule has 0 radical (unpaired) electrons. The van der Waals surface area contributed by atoms with Crippen molar-refractivity contribution >= 4 is 5.91 Å². The van der Waals surface area contributed by atoms with Gasteiger partial charge < -0.3 is 19.7 Å². The fourth-order valence-corrected chi connectivity index (χ4v) is 1.09. The molecule has 1 aromatic heterocycles. The monoisotopic (exact) mass is 213 g/mol. The van der Waals surface area contributed by atoms with Crippen LogP contribution in [0.15, 0.2) is 12.5 Å². The Kier molecular flexibility index (Phi) is 4.79. The summed E-state index contributed by atoms with van der Waals surface area (Å²) >= 11 is 0. The number of ether oxygens (including phenoxy) is 1. The standard InChI is InChI=1S/C9H15N3O3/c1-15-3-2-10-9(14)5-12-4-8(6-13)11-7-12/h4,7,13H,2-3,5-6H2,1H3,(H,10,14). The van der Waals surface area contributed by atoms with E-state index in [1.807, 2.05) is 0 Å². The molecule has 0 aliphatic carbocycles. The fraction of sp³-hybridized carbons (Fsp3) is 0.556. The van der Waals surface area contributed by atoms with E-state index in [2.05, 4.69) is 10.3 Å². The van der Waals surface area contributed by atoms with Crippen LogP contribution in [0.4, 0.5) is 0 Å². The predicted molar refractivity (Wildman–Crippen MR) is 53.0 cm³/mol. The van der Waals surface area contributed by atoms with E-state index in [0.29, 0.717) is 18.8 Å². The molecule has 15 heavy (non-hydrogen) atoms. The lowest BCUT2D eigenvalue weighted by atomic mass is 10.5. The molecule has 6 nitrogen and oxygen atoms in total. The van der Waals surface area contributed by atoms with E-state index >= 15 is 0 Å². The number of aromatic nitrogens is 2. The average molecular weight is 213 g/mol. The first-order valence-electron chi connectivity index (χ1n) is 4.63. The number of aliphatic hydroxyl groups is 1. The number of carbonyl (C=O) groups excluding carboxylic acids is 1. The van der Waals surface area contributed by atoms with Crippen LogP contribution in [0, 0.1) is 0 Å². The van der Waals surface area contributed by atoms with Gasteiger partial charge in [0.15, 0.2) is 0 Å². The summed E-state index contributed by atoms with van der Waals surface area (Å²) in [7, 11) is 1.58. The maximum absolute atomic E-state index is 11.3. The fourth-order valence-electron chi connectivity index (χ4n) is 1.09. The van der Waals surface area contributed by atoms with Crippen molar-refractivity contribution in [3.63, 3.8) is 0 Å². The van der Waals surface area contributed by atoms with Gasteiger partial charge in [-0.1, -0.05) is 0 Å². The Morgan fingerprint density at radius 1 is 1.73 bits per heavy atom. The van der Waals surface area contributed by atoms with Crippen molar-refractivity contribution < 1.29 is 14.6 Å². The van der Waals surface area contributed by atoms with Crippen LogP contribution in [0.25, 0.3) is 0 Å². The smallest absolute Gasteiger partial charge is 0.240 e. The van der Waals surface area contributed by atoms with Gasteiger partial charge in [0.25, 0.3) is 0 Å². The Hall–Kier alpha value is -1.40. The number of nitrogens with one attached hydrogen (secondary N) is 1. The SMILES string of the molecule is COCCNC(=O)Cn1cnc(CO)c1. The third-order valence-corrected chi connectivity index (χ3v) is 1.80. The lowest BCUT2D eigenvalue weighted by Crippen LogP contribution is -2.30. The molecule has 2 N–H and O–H groups in total. The summed E-state index contributed by atoms with van der Waals surface area (Å²) in [6.07, 6.45) is 3.15. The number of aliphatic hydroxyl groups excluding tert-OH is 1. The zero-order valence-electron chi connectivity index (χ0n) is 8.64. The third kappa shape index (κ3) is 4.09. The van der Waals surface area contributed by atoms with Crippen LogP contribution in [0.3, 0.4) is 0 Å². The summed E-state index contributed by atoms with van der Waals surface area (Å²) in [5.41, 5.74) is 0.555. The molecule has 0 fully saturated rings. The summed E-state index contributed by atoms with van der Waals surface area (Å²) in [4.78, 5) is 15.2. The Morgan fingerprint density at radius 3 is 3.13 bits per heavy atom. The molecule has 1 heterocycles. The van der Waals surface area contributed by atoms with Crippen LogP contribution < -0.4 is 5.32 Å². The number of hydrogen-bond donors (Lipinski definition) is 2. The molecule has 0 bridgehead atoms. The van der Waals surface area contributed by atoms with E-state index in [0.717, 1.165) is 0 Å². The van der Waals surface area contributed by atoms with Gasteiger partial charge in [-0.15, -0.1) is 0 Å². The normalized spacial score (nSPS) is 10.3. The Morgan fingerprint density at radius 2 is 2.53 bits per heavy atom. The Bertz CT molecular complexity index is 311. The number of nitrogens with zero attached hydrogens (tertiary/aromatic N) is 2. The molecular formula is C9H15N3O3. The molecule has 0 aromatic carbocycles. The maximum Gasteiger partial charge on any atom is 0.240 e. The van der Waals surface area contributed by atoms with Crippen molar-refractivity contribution in [3.8, 4) is 0 Å². The molecule has 0 unspecified atom stereocenters. The van der Waals surface area contributed by atoms with Crippen LogP contribution in [0.1, 0.15) is 5.69 Å². The summed E-state index contributed by atoms with van der Waals surface area (Å²) < 4.78 is 6.42. The molecule has 84 valence electrons. The Labute approximate surface area is 87.9 Å². The number of amides is 1. The second kappa shape index (κ2) is 6.15. The van der Waals surface area contributed by atoms with E-state index in [9.17, 15) is 4.79 Å². The molecule has 6 heteroatoms. The van der Waals surface area contributed by atoms with E-state index in [-0.39, 0.29) is 19.1 Å². The number of methoxy groups -OCH3 is 1. The number of carbonyl (C=O) groups is 1. The van der Waals surface area contributed by atoms with Crippen molar-refractivity contribution in [1.29, 1.82) is 0 Å². The lowest BCUT2D eigenvalue weighted by Gasteiger charge is -2.04. The van der Waals surface area contributed by atoms with Crippen LogP contribution in [0.5, 0.6) is 0 Å². The van der Waals surface area contributed by atoms with Crippen molar-refractivity contribution in [1.82, 2.24) is 14.9 Å². The van der Waals surface area contributed by atoms with Gasteiger partial charge in [-0.05, 0) is 0 Å². The molecule has 1 rings (SSSR count). The summed E-state index contributed by atoms with van der Waals surface area (Å²) in [5, 5.41) is 11.4. The van der Waals surface area contributed by atoms with Gasteiger partial charge >= 0.3 is 0 Å². The molecule has 0 saturated heterocycles. The van der Waals surface area contributed by atoms with Crippen LogP contribution in [-0.2, 0) is 22.7 Å². The van der Waals surface area contributed by atoms with E-state index < -0.39 is 0 Å². The van der Waals surface area contributed by atoms with E-state index in [1.165, 1.54) is 6.33 Å².